The van der Waals surface area contributed by atoms with Gasteiger partial charge in [0, 0.05) is 0 Å². The Labute approximate surface area is 65.6 Å². The lowest BCUT2D eigenvalue weighted by atomic mass is 9.81. The van der Waals surface area contributed by atoms with E-state index in [1.807, 2.05) is 0 Å². The molecule has 1 aliphatic carbocycles. The van der Waals surface area contributed by atoms with Crippen molar-refractivity contribution >= 4 is 5.91 Å². The molecule has 64 valence electrons. The molecule has 0 aliphatic heterocycles. The summed E-state index contributed by atoms with van der Waals surface area (Å²) in [5.41, 5.74) is 9.92. The number of carbonyl (C=O) groups is 1. The molecule has 0 bridgehead atoms. The SMILES string of the molecule is NC(=O)C1(N)CCC(O)CC1. The van der Waals surface area contributed by atoms with Crippen LogP contribution in [0, 0.1) is 0 Å². The Hall–Kier alpha value is -0.610. The quantitative estimate of drug-likeness (QED) is 0.462. The molecule has 0 saturated heterocycles. The predicted molar refractivity (Wildman–Crippen MR) is 40.6 cm³/mol. The Bertz CT molecular complexity index is 162. The van der Waals surface area contributed by atoms with Crippen molar-refractivity contribution in [3.8, 4) is 0 Å². The number of primary amides is 1. The molecule has 1 aliphatic rings. The van der Waals surface area contributed by atoms with Crippen LogP contribution in [-0.4, -0.2) is 22.7 Å². The third-order valence-corrected chi connectivity index (χ3v) is 2.34. The van der Waals surface area contributed by atoms with Crippen LogP contribution in [0.1, 0.15) is 25.7 Å². The molecule has 1 rings (SSSR count). The lowest BCUT2D eigenvalue weighted by molar-refractivity contribution is -0.124. The summed E-state index contributed by atoms with van der Waals surface area (Å²) in [5.74, 6) is -0.454. The highest BCUT2D eigenvalue weighted by Crippen LogP contribution is 2.25. The lowest BCUT2D eigenvalue weighted by Gasteiger charge is -2.32. The van der Waals surface area contributed by atoms with Crippen molar-refractivity contribution in [3.63, 3.8) is 0 Å². The first-order valence-corrected chi connectivity index (χ1v) is 3.81. The minimum Gasteiger partial charge on any atom is -0.393 e. The fourth-order valence-electron chi connectivity index (χ4n) is 1.36. The van der Waals surface area contributed by atoms with Crippen LogP contribution >= 0.6 is 0 Å². The molecule has 0 atom stereocenters. The van der Waals surface area contributed by atoms with E-state index in [9.17, 15) is 4.79 Å². The van der Waals surface area contributed by atoms with Gasteiger partial charge in [0.15, 0.2) is 0 Å². The number of hydrogen-bond acceptors (Lipinski definition) is 3. The number of amides is 1. The summed E-state index contributed by atoms with van der Waals surface area (Å²) in [4.78, 5) is 10.8. The van der Waals surface area contributed by atoms with E-state index in [0.29, 0.717) is 25.7 Å². The van der Waals surface area contributed by atoms with Gasteiger partial charge in [-0.2, -0.15) is 0 Å². The Morgan fingerprint density at radius 2 is 1.91 bits per heavy atom. The Morgan fingerprint density at radius 3 is 2.27 bits per heavy atom. The van der Waals surface area contributed by atoms with E-state index in [2.05, 4.69) is 0 Å². The van der Waals surface area contributed by atoms with Gasteiger partial charge < -0.3 is 16.6 Å². The zero-order chi connectivity index (χ0) is 8.48. The maximum absolute atomic E-state index is 10.8. The van der Waals surface area contributed by atoms with Crippen LogP contribution in [0.4, 0.5) is 0 Å². The maximum Gasteiger partial charge on any atom is 0.237 e. The van der Waals surface area contributed by atoms with E-state index in [0.717, 1.165) is 0 Å². The van der Waals surface area contributed by atoms with Crippen molar-refractivity contribution in [2.24, 2.45) is 11.5 Å². The third-order valence-electron chi connectivity index (χ3n) is 2.34. The van der Waals surface area contributed by atoms with E-state index in [1.165, 1.54) is 0 Å². The third kappa shape index (κ3) is 1.70. The molecular weight excluding hydrogens is 144 g/mol. The molecule has 0 unspecified atom stereocenters. The van der Waals surface area contributed by atoms with E-state index in [1.54, 1.807) is 0 Å². The average Bonchev–Trinajstić information content (AvgIpc) is 1.95. The fraction of sp³-hybridized carbons (Fsp3) is 0.857. The molecule has 4 heteroatoms. The molecule has 4 nitrogen and oxygen atoms in total. The standard InChI is InChI=1S/C7H14N2O2/c8-6(11)7(9)3-1-5(10)2-4-7/h5,10H,1-4,9H2,(H2,8,11). The van der Waals surface area contributed by atoms with Crippen molar-refractivity contribution in [2.75, 3.05) is 0 Å². The Kier molecular flexibility index (Phi) is 2.15. The van der Waals surface area contributed by atoms with Crippen molar-refractivity contribution in [3.05, 3.63) is 0 Å². The van der Waals surface area contributed by atoms with Gasteiger partial charge in [0.1, 0.15) is 0 Å². The summed E-state index contributed by atoms with van der Waals surface area (Å²) >= 11 is 0. The van der Waals surface area contributed by atoms with Crippen LogP contribution in [-0.2, 0) is 4.79 Å². The highest BCUT2D eigenvalue weighted by molar-refractivity contribution is 5.84. The zero-order valence-corrected chi connectivity index (χ0v) is 6.42. The van der Waals surface area contributed by atoms with Crippen LogP contribution in [0.15, 0.2) is 0 Å². The molecule has 0 aromatic carbocycles. The van der Waals surface area contributed by atoms with Gasteiger partial charge in [-0.25, -0.2) is 0 Å². The van der Waals surface area contributed by atoms with Gasteiger partial charge in [-0.1, -0.05) is 0 Å². The van der Waals surface area contributed by atoms with Crippen molar-refractivity contribution in [1.82, 2.24) is 0 Å². The van der Waals surface area contributed by atoms with E-state index < -0.39 is 11.4 Å². The van der Waals surface area contributed by atoms with Crippen molar-refractivity contribution < 1.29 is 9.90 Å². The summed E-state index contributed by atoms with van der Waals surface area (Å²) in [6.45, 7) is 0. The maximum atomic E-state index is 10.8. The van der Waals surface area contributed by atoms with Crippen LogP contribution in [0.25, 0.3) is 0 Å². The second-order valence-electron chi connectivity index (χ2n) is 3.25. The Morgan fingerprint density at radius 1 is 1.45 bits per heavy atom. The van der Waals surface area contributed by atoms with Crippen LogP contribution < -0.4 is 11.5 Å². The zero-order valence-electron chi connectivity index (χ0n) is 6.42. The van der Waals surface area contributed by atoms with E-state index in [-0.39, 0.29) is 6.10 Å². The number of aliphatic hydroxyl groups is 1. The molecule has 0 spiro atoms. The first-order valence-electron chi connectivity index (χ1n) is 3.81. The molecule has 1 saturated carbocycles. The minimum atomic E-state index is -0.862. The smallest absolute Gasteiger partial charge is 0.237 e. The summed E-state index contributed by atoms with van der Waals surface area (Å²) in [6, 6.07) is 0. The van der Waals surface area contributed by atoms with Crippen LogP contribution in [0.3, 0.4) is 0 Å². The van der Waals surface area contributed by atoms with E-state index in [4.69, 9.17) is 16.6 Å². The summed E-state index contributed by atoms with van der Waals surface area (Å²) < 4.78 is 0. The van der Waals surface area contributed by atoms with E-state index >= 15 is 0 Å². The van der Waals surface area contributed by atoms with Crippen molar-refractivity contribution in [1.29, 1.82) is 0 Å². The molecule has 11 heavy (non-hydrogen) atoms. The van der Waals surface area contributed by atoms with Gasteiger partial charge >= 0.3 is 0 Å². The number of hydrogen-bond donors (Lipinski definition) is 3. The first kappa shape index (κ1) is 8.49. The minimum absolute atomic E-state index is 0.300. The number of nitrogens with two attached hydrogens (primary N) is 2. The fourth-order valence-corrected chi connectivity index (χ4v) is 1.36. The summed E-state index contributed by atoms with van der Waals surface area (Å²) in [6.07, 6.45) is 1.87. The molecular formula is C7H14N2O2. The van der Waals surface area contributed by atoms with Crippen LogP contribution in [0.2, 0.25) is 0 Å². The summed E-state index contributed by atoms with van der Waals surface area (Å²) in [7, 11) is 0. The molecule has 1 fully saturated rings. The number of rotatable bonds is 1. The van der Waals surface area contributed by atoms with Gasteiger partial charge in [-0.3, -0.25) is 4.79 Å². The normalized spacial score (nSPS) is 38.5. The van der Waals surface area contributed by atoms with Crippen molar-refractivity contribution in [2.45, 2.75) is 37.3 Å². The van der Waals surface area contributed by atoms with Crippen LogP contribution in [0.5, 0.6) is 0 Å². The molecule has 0 radical (unpaired) electrons. The van der Waals surface area contributed by atoms with Gasteiger partial charge in [0.25, 0.3) is 0 Å². The molecule has 1 amide bonds. The average molecular weight is 158 g/mol. The monoisotopic (exact) mass is 158 g/mol. The largest absolute Gasteiger partial charge is 0.393 e. The predicted octanol–water partition coefficient (Wildman–Crippen LogP) is -0.896. The molecule has 5 N–H and O–H groups in total. The second kappa shape index (κ2) is 2.79. The van der Waals surface area contributed by atoms with Gasteiger partial charge in [0.05, 0.1) is 11.6 Å². The Balaban J connectivity index is 2.55. The lowest BCUT2D eigenvalue weighted by Crippen LogP contribution is -2.54. The molecule has 0 aromatic heterocycles. The van der Waals surface area contributed by atoms with Gasteiger partial charge in [-0.05, 0) is 25.7 Å². The second-order valence-corrected chi connectivity index (χ2v) is 3.25. The topological polar surface area (TPSA) is 89.3 Å². The summed E-state index contributed by atoms with van der Waals surface area (Å²) in [5, 5.41) is 9.12. The molecule has 0 aromatic rings. The first-order chi connectivity index (χ1) is 5.04. The number of carbonyl (C=O) groups excluding carboxylic acids is 1. The van der Waals surface area contributed by atoms with Gasteiger partial charge in [0.2, 0.25) is 5.91 Å². The highest BCUT2D eigenvalue weighted by atomic mass is 16.3. The highest BCUT2D eigenvalue weighted by Gasteiger charge is 2.35. The number of aliphatic hydroxyl groups excluding tert-OH is 1. The van der Waals surface area contributed by atoms with Gasteiger partial charge in [-0.15, -0.1) is 0 Å². The molecule has 0 heterocycles.